The van der Waals surface area contributed by atoms with Gasteiger partial charge in [0.05, 0.1) is 18.3 Å². The van der Waals surface area contributed by atoms with Crippen LogP contribution in [-0.4, -0.2) is 31.6 Å². The van der Waals surface area contributed by atoms with Crippen LogP contribution in [0.4, 0.5) is 18.9 Å². The topological polar surface area (TPSA) is 68.9 Å². The molecule has 5 nitrogen and oxygen atoms in total. The lowest BCUT2D eigenvalue weighted by molar-refractivity contribution is -0.274. The van der Waals surface area contributed by atoms with Gasteiger partial charge in [0.2, 0.25) is 0 Å². The lowest BCUT2D eigenvalue weighted by atomic mass is 10.1. The van der Waals surface area contributed by atoms with Crippen molar-refractivity contribution in [2.75, 3.05) is 18.5 Å². The highest BCUT2D eigenvalue weighted by atomic mass is 19.4. The van der Waals surface area contributed by atoms with Crippen LogP contribution in [0.2, 0.25) is 0 Å². The van der Waals surface area contributed by atoms with E-state index >= 15 is 0 Å². The third-order valence-electron chi connectivity index (χ3n) is 3.11. The van der Waals surface area contributed by atoms with E-state index in [9.17, 15) is 13.2 Å². The molecule has 0 radical (unpaired) electrons. The van der Waals surface area contributed by atoms with Gasteiger partial charge < -0.3 is 20.5 Å². The number of nitrogens with one attached hydrogen (secondary N) is 1. The highest BCUT2D eigenvalue weighted by molar-refractivity contribution is 5.93. The van der Waals surface area contributed by atoms with Crippen molar-refractivity contribution < 1.29 is 22.6 Å². The molecule has 1 aromatic carbocycles. The molecule has 0 saturated carbocycles. The van der Waals surface area contributed by atoms with Gasteiger partial charge in [-0.15, -0.1) is 13.2 Å². The van der Waals surface area contributed by atoms with Gasteiger partial charge in [-0.05, 0) is 31.4 Å². The Bertz CT molecular complexity index is 514. The number of halogens is 3. The van der Waals surface area contributed by atoms with E-state index in [4.69, 9.17) is 10.5 Å². The number of ether oxygens (including phenoxy) is 2. The highest BCUT2D eigenvalue weighted by Crippen LogP contribution is 2.29. The molecule has 2 rings (SSSR count). The Hall–Kier alpha value is -1.96. The Balaban J connectivity index is 1.97. The van der Waals surface area contributed by atoms with Gasteiger partial charge in [-0.1, -0.05) is 12.1 Å². The van der Waals surface area contributed by atoms with Crippen molar-refractivity contribution in [2.24, 2.45) is 10.7 Å². The average molecular weight is 317 g/mol. The van der Waals surface area contributed by atoms with Gasteiger partial charge in [-0.2, -0.15) is 0 Å². The standard InChI is InChI=1S/C14H18F3N3O2/c15-14(16,17)22-12-7-2-1-6-11(12)20-13(18)19-9-10-5-3-4-8-21-10/h1-2,6-7,10H,3-5,8-9H2,(H3,18,19,20). The fraction of sp³-hybridized carbons (Fsp3) is 0.500. The second kappa shape index (κ2) is 7.35. The molecule has 0 spiro atoms. The van der Waals surface area contributed by atoms with Crippen LogP contribution in [0.25, 0.3) is 0 Å². The van der Waals surface area contributed by atoms with E-state index in [1.54, 1.807) is 6.07 Å². The fourth-order valence-corrected chi connectivity index (χ4v) is 2.11. The lowest BCUT2D eigenvalue weighted by Gasteiger charge is -2.21. The summed E-state index contributed by atoms with van der Waals surface area (Å²) in [4.78, 5) is 4.10. The minimum atomic E-state index is -4.76. The van der Waals surface area contributed by atoms with E-state index in [-0.39, 0.29) is 23.5 Å². The Kier molecular flexibility index (Phi) is 5.48. The first kappa shape index (κ1) is 16.4. The molecule has 1 aliphatic heterocycles. The van der Waals surface area contributed by atoms with Crippen molar-refractivity contribution in [2.45, 2.75) is 31.7 Å². The number of benzene rings is 1. The van der Waals surface area contributed by atoms with Crippen molar-refractivity contribution in [1.29, 1.82) is 0 Å². The van der Waals surface area contributed by atoms with E-state index in [0.717, 1.165) is 19.3 Å². The number of rotatable bonds is 4. The molecule has 1 unspecified atom stereocenters. The molecule has 1 fully saturated rings. The Morgan fingerprint density at radius 3 is 2.82 bits per heavy atom. The van der Waals surface area contributed by atoms with Crippen LogP contribution in [0.15, 0.2) is 29.3 Å². The smallest absolute Gasteiger partial charge is 0.404 e. The predicted molar refractivity (Wildman–Crippen MR) is 76.8 cm³/mol. The number of hydrogen-bond donors (Lipinski definition) is 2. The monoisotopic (exact) mass is 317 g/mol. The molecular weight excluding hydrogens is 299 g/mol. The summed E-state index contributed by atoms with van der Waals surface area (Å²) in [6, 6.07) is 5.65. The highest BCUT2D eigenvalue weighted by Gasteiger charge is 2.32. The normalized spacial score (nSPS) is 19.8. The molecule has 1 heterocycles. The molecule has 0 bridgehead atoms. The van der Waals surface area contributed by atoms with Crippen molar-refractivity contribution in [3.05, 3.63) is 24.3 Å². The second-order valence-electron chi connectivity index (χ2n) is 4.88. The molecule has 0 aliphatic carbocycles. The van der Waals surface area contributed by atoms with Gasteiger partial charge in [0.1, 0.15) is 0 Å². The molecule has 1 aliphatic rings. The number of anilines is 1. The van der Waals surface area contributed by atoms with Crippen LogP contribution in [0.3, 0.4) is 0 Å². The minimum absolute atomic E-state index is 0.00997. The summed E-state index contributed by atoms with van der Waals surface area (Å²) in [5, 5.41) is 2.62. The zero-order valence-corrected chi connectivity index (χ0v) is 11.9. The SMILES string of the molecule is NC(=NCC1CCCCO1)Nc1ccccc1OC(F)(F)F. The first-order valence-corrected chi connectivity index (χ1v) is 6.97. The number of alkyl halides is 3. The van der Waals surface area contributed by atoms with E-state index in [0.29, 0.717) is 13.2 Å². The van der Waals surface area contributed by atoms with Gasteiger partial charge in [-0.3, -0.25) is 4.99 Å². The first-order chi connectivity index (χ1) is 10.4. The lowest BCUT2D eigenvalue weighted by Crippen LogP contribution is -2.28. The molecule has 1 atom stereocenters. The summed E-state index contributed by atoms with van der Waals surface area (Å²) < 4.78 is 46.4. The zero-order valence-electron chi connectivity index (χ0n) is 11.9. The largest absolute Gasteiger partial charge is 0.573 e. The third kappa shape index (κ3) is 5.44. The van der Waals surface area contributed by atoms with Gasteiger partial charge >= 0.3 is 6.36 Å². The summed E-state index contributed by atoms with van der Waals surface area (Å²) in [5.74, 6) is -0.338. The van der Waals surface area contributed by atoms with E-state index < -0.39 is 6.36 Å². The van der Waals surface area contributed by atoms with Gasteiger partial charge in [0.15, 0.2) is 11.7 Å². The van der Waals surface area contributed by atoms with Crippen molar-refractivity contribution in [3.63, 3.8) is 0 Å². The van der Waals surface area contributed by atoms with Crippen LogP contribution in [0.1, 0.15) is 19.3 Å². The zero-order chi connectivity index (χ0) is 16.0. The quantitative estimate of drug-likeness (QED) is 0.662. The van der Waals surface area contributed by atoms with Crippen LogP contribution < -0.4 is 15.8 Å². The van der Waals surface area contributed by atoms with Crippen LogP contribution in [0, 0.1) is 0 Å². The molecule has 1 saturated heterocycles. The maximum absolute atomic E-state index is 12.3. The summed E-state index contributed by atoms with van der Waals surface area (Å²) >= 11 is 0. The van der Waals surface area contributed by atoms with E-state index in [1.165, 1.54) is 18.2 Å². The Morgan fingerprint density at radius 1 is 1.36 bits per heavy atom. The number of aliphatic imine (C=N–C) groups is 1. The first-order valence-electron chi connectivity index (χ1n) is 6.97. The van der Waals surface area contributed by atoms with Crippen molar-refractivity contribution in [3.8, 4) is 5.75 Å². The summed E-state index contributed by atoms with van der Waals surface area (Å²) in [6.45, 7) is 1.08. The van der Waals surface area contributed by atoms with E-state index in [2.05, 4.69) is 15.0 Å². The number of para-hydroxylation sites is 2. The fourth-order valence-electron chi connectivity index (χ4n) is 2.11. The van der Waals surface area contributed by atoms with Gasteiger partial charge in [-0.25, -0.2) is 0 Å². The average Bonchev–Trinajstić information content (AvgIpc) is 2.47. The molecule has 122 valence electrons. The maximum Gasteiger partial charge on any atom is 0.573 e. The van der Waals surface area contributed by atoms with Gasteiger partial charge in [0.25, 0.3) is 0 Å². The number of nitrogens with zero attached hydrogens (tertiary/aromatic N) is 1. The van der Waals surface area contributed by atoms with E-state index in [1.807, 2.05) is 0 Å². The molecule has 0 amide bonds. The third-order valence-corrected chi connectivity index (χ3v) is 3.11. The number of nitrogens with two attached hydrogens (primary N) is 1. The van der Waals surface area contributed by atoms with Crippen LogP contribution in [0.5, 0.6) is 5.75 Å². The Labute approximate surface area is 126 Å². The molecule has 0 aromatic heterocycles. The maximum atomic E-state index is 12.3. The van der Waals surface area contributed by atoms with Crippen molar-refractivity contribution in [1.82, 2.24) is 0 Å². The summed E-state index contributed by atoms with van der Waals surface area (Å²) in [7, 11) is 0. The summed E-state index contributed by atoms with van der Waals surface area (Å²) in [6.07, 6.45) is -1.73. The molecule has 3 N–H and O–H groups in total. The Morgan fingerprint density at radius 2 is 2.14 bits per heavy atom. The second-order valence-corrected chi connectivity index (χ2v) is 4.88. The molecule has 1 aromatic rings. The van der Waals surface area contributed by atoms with Gasteiger partial charge in [0, 0.05) is 6.61 Å². The molecular formula is C14H18F3N3O2. The predicted octanol–water partition coefficient (Wildman–Crippen LogP) is 2.88. The molecule has 8 heteroatoms. The minimum Gasteiger partial charge on any atom is -0.404 e. The number of hydrogen-bond acceptors (Lipinski definition) is 3. The number of guanidine groups is 1. The van der Waals surface area contributed by atoms with Crippen LogP contribution >= 0.6 is 0 Å². The summed E-state index contributed by atoms with van der Waals surface area (Å²) in [5.41, 5.74) is 5.80. The van der Waals surface area contributed by atoms with Crippen LogP contribution in [-0.2, 0) is 4.74 Å². The van der Waals surface area contributed by atoms with Crippen molar-refractivity contribution >= 4 is 11.6 Å². The molecule has 22 heavy (non-hydrogen) atoms.